The van der Waals surface area contributed by atoms with Gasteiger partial charge in [-0.3, -0.25) is 4.79 Å². The van der Waals surface area contributed by atoms with E-state index in [1.165, 1.54) is 0 Å². The van der Waals surface area contributed by atoms with Gasteiger partial charge in [0.15, 0.2) is 0 Å². The number of benzene rings is 4. The maximum absolute atomic E-state index is 13.2. The molecule has 0 aliphatic carbocycles. The van der Waals surface area contributed by atoms with Crippen LogP contribution in [0.15, 0.2) is 97.1 Å². The minimum absolute atomic E-state index is 0.175. The Kier molecular flexibility index (Phi) is 10.9. The molecule has 0 aromatic heterocycles. The van der Waals surface area contributed by atoms with Crippen LogP contribution in [0.2, 0.25) is 0 Å². The van der Waals surface area contributed by atoms with E-state index in [1.807, 2.05) is 93.6 Å². The van der Waals surface area contributed by atoms with Gasteiger partial charge in [0.1, 0.15) is 23.0 Å². The van der Waals surface area contributed by atoms with Crippen LogP contribution in [0.5, 0.6) is 23.0 Å². The van der Waals surface area contributed by atoms with Crippen LogP contribution in [-0.2, 0) is 15.0 Å². The van der Waals surface area contributed by atoms with E-state index in [0.717, 1.165) is 34.4 Å². The Labute approximate surface area is 280 Å². The van der Waals surface area contributed by atoms with Crippen molar-refractivity contribution >= 4 is 11.9 Å². The van der Waals surface area contributed by atoms with E-state index in [4.69, 9.17) is 18.9 Å². The lowest BCUT2D eigenvalue weighted by Gasteiger charge is -2.27. The molecule has 4 aromatic carbocycles. The molecule has 0 fully saturated rings. The highest BCUT2D eigenvalue weighted by atomic mass is 16.6. The number of rotatable bonds is 13. The van der Waals surface area contributed by atoms with Gasteiger partial charge in [0.2, 0.25) is 5.60 Å². The third-order valence-electron chi connectivity index (χ3n) is 8.83. The molecule has 0 aliphatic rings. The zero-order chi connectivity index (χ0) is 34.4. The second-order valence-corrected chi connectivity index (χ2v) is 13.7. The summed E-state index contributed by atoms with van der Waals surface area (Å²) in [4.78, 5) is 25.5. The third-order valence-corrected chi connectivity index (χ3v) is 8.83. The van der Waals surface area contributed by atoms with Crippen molar-refractivity contribution in [2.24, 2.45) is 5.41 Å². The lowest BCUT2D eigenvalue weighted by Crippen LogP contribution is -2.41. The molecule has 1 unspecified atom stereocenters. The van der Waals surface area contributed by atoms with Crippen LogP contribution in [-0.4, -0.2) is 23.6 Å². The summed E-state index contributed by atoms with van der Waals surface area (Å²) in [5.74, 6) is 1.62. The summed E-state index contributed by atoms with van der Waals surface area (Å²) in [5, 5.41) is 0. The smallest absolute Gasteiger partial charge is 0.355 e. The normalized spacial score (nSPS) is 12.6. The SMILES string of the molecule is CCC(C)Oc1ccc(C(C)(C)c2ccc(OC(=O)C(C)(C)Oc3ccc(-c4ccc(OC(=O)C(C)(C)CC)cc4)cc3)cc2)cc1. The molecule has 4 rings (SSSR count). The molecule has 0 bridgehead atoms. The highest BCUT2D eigenvalue weighted by Gasteiger charge is 2.33. The number of carbonyl (C=O) groups is 2. The quantitative estimate of drug-likeness (QED) is 0.107. The summed E-state index contributed by atoms with van der Waals surface area (Å²) < 4.78 is 23.3. The van der Waals surface area contributed by atoms with Crippen molar-refractivity contribution in [2.45, 2.75) is 92.3 Å². The Bertz CT molecular complexity index is 1630. The molecule has 0 aliphatic heterocycles. The minimum Gasteiger partial charge on any atom is -0.491 e. The molecule has 4 aromatic rings. The van der Waals surface area contributed by atoms with E-state index < -0.39 is 17.0 Å². The highest BCUT2D eigenvalue weighted by molar-refractivity contribution is 5.81. The van der Waals surface area contributed by atoms with Gasteiger partial charge in [-0.2, -0.15) is 0 Å². The molecule has 47 heavy (non-hydrogen) atoms. The summed E-state index contributed by atoms with van der Waals surface area (Å²) in [7, 11) is 0. The Balaban J connectivity index is 1.35. The molecule has 6 nitrogen and oxygen atoms in total. The van der Waals surface area contributed by atoms with Gasteiger partial charge in [-0.15, -0.1) is 0 Å². The maximum Gasteiger partial charge on any atom is 0.355 e. The fraction of sp³-hybridized carbons (Fsp3) is 0.366. The molecule has 248 valence electrons. The van der Waals surface area contributed by atoms with Gasteiger partial charge in [0, 0.05) is 5.41 Å². The lowest BCUT2D eigenvalue weighted by atomic mass is 9.78. The van der Waals surface area contributed by atoms with Crippen molar-refractivity contribution in [1.29, 1.82) is 0 Å². The molecule has 0 saturated carbocycles. The zero-order valence-electron chi connectivity index (χ0n) is 29.2. The molecular formula is C41H48O6. The first-order valence-electron chi connectivity index (χ1n) is 16.4. The summed E-state index contributed by atoms with van der Waals surface area (Å²) in [6.07, 6.45) is 1.83. The fourth-order valence-electron chi connectivity index (χ4n) is 4.76. The number of carbonyl (C=O) groups excluding carboxylic acids is 2. The molecule has 0 heterocycles. The van der Waals surface area contributed by atoms with Gasteiger partial charge in [0.25, 0.3) is 0 Å². The van der Waals surface area contributed by atoms with Crippen LogP contribution in [0.25, 0.3) is 11.1 Å². The largest absolute Gasteiger partial charge is 0.491 e. The summed E-state index contributed by atoms with van der Waals surface area (Å²) >= 11 is 0. The molecule has 0 radical (unpaired) electrons. The zero-order valence-corrected chi connectivity index (χ0v) is 29.2. The maximum atomic E-state index is 13.2. The van der Waals surface area contributed by atoms with Gasteiger partial charge in [-0.1, -0.05) is 76.2 Å². The van der Waals surface area contributed by atoms with Crippen molar-refractivity contribution in [3.63, 3.8) is 0 Å². The molecule has 0 amide bonds. The van der Waals surface area contributed by atoms with E-state index in [2.05, 4.69) is 39.8 Å². The number of esters is 2. The predicted molar refractivity (Wildman–Crippen MR) is 187 cm³/mol. The van der Waals surface area contributed by atoms with Crippen molar-refractivity contribution in [3.8, 4) is 34.1 Å². The van der Waals surface area contributed by atoms with Crippen molar-refractivity contribution in [3.05, 3.63) is 108 Å². The summed E-state index contributed by atoms with van der Waals surface area (Å²) in [6.45, 7) is 17.6. The van der Waals surface area contributed by atoms with E-state index in [0.29, 0.717) is 23.7 Å². The van der Waals surface area contributed by atoms with E-state index in [9.17, 15) is 9.59 Å². The Morgan fingerprint density at radius 1 is 0.574 bits per heavy atom. The molecule has 0 saturated heterocycles. The molecule has 6 heteroatoms. The van der Waals surface area contributed by atoms with Crippen LogP contribution in [0.1, 0.15) is 86.3 Å². The average molecular weight is 637 g/mol. The first-order valence-corrected chi connectivity index (χ1v) is 16.4. The number of hydrogen-bond acceptors (Lipinski definition) is 6. The lowest BCUT2D eigenvalue weighted by molar-refractivity contribution is -0.149. The minimum atomic E-state index is -1.23. The van der Waals surface area contributed by atoms with Gasteiger partial charge in [-0.05, 0) is 118 Å². The second kappa shape index (κ2) is 14.5. The van der Waals surface area contributed by atoms with Gasteiger partial charge in [0.05, 0.1) is 11.5 Å². The summed E-state index contributed by atoms with van der Waals surface area (Å²) in [6, 6.07) is 30.7. The standard InChI is InChI=1S/C41H48O6/c1-10-28(3)44-33-24-16-31(17-25-33)40(6,7)32-18-26-35(27-19-32)46-38(43)41(8,9)47-36-22-14-30(15-23-36)29-12-20-34(21-13-29)45-37(42)39(4,5)11-2/h12-28H,10-11H2,1-9H3. The Morgan fingerprint density at radius 2 is 0.979 bits per heavy atom. The second-order valence-electron chi connectivity index (χ2n) is 13.7. The number of ether oxygens (including phenoxy) is 4. The van der Waals surface area contributed by atoms with Crippen molar-refractivity contribution in [2.75, 3.05) is 0 Å². The molecule has 1 atom stereocenters. The van der Waals surface area contributed by atoms with Gasteiger partial charge in [-0.25, -0.2) is 4.79 Å². The topological polar surface area (TPSA) is 71.1 Å². The summed E-state index contributed by atoms with van der Waals surface area (Å²) in [5.41, 5.74) is 2.16. The van der Waals surface area contributed by atoms with E-state index in [-0.39, 0.29) is 17.5 Å². The molecular weight excluding hydrogens is 588 g/mol. The number of hydrogen-bond donors (Lipinski definition) is 0. The van der Waals surface area contributed by atoms with E-state index in [1.54, 1.807) is 26.0 Å². The van der Waals surface area contributed by atoms with Crippen LogP contribution in [0, 0.1) is 5.41 Å². The third kappa shape index (κ3) is 8.82. The Hall–Kier alpha value is -4.58. The van der Waals surface area contributed by atoms with Crippen LogP contribution < -0.4 is 18.9 Å². The van der Waals surface area contributed by atoms with Crippen LogP contribution in [0.3, 0.4) is 0 Å². The van der Waals surface area contributed by atoms with Gasteiger partial charge < -0.3 is 18.9 Å². The molecule has 0 spiro atoms. The first kappa shape index (κ1) is 35.3. The first-order chi connectivity index (χ1) is 22.1. The van der Waals surface area contributed by atoms with E-state index >= 15 is 0 Å². The monoisotopic (exact) mass is 636 g/mol. The van der Waals surface area contributed by atoms with Gasteiger partial charge >= 0.3 is 11.9 Å². The van der Waals surface area contributed by atoms with Crippen LogP contribution >= 0.6 is 0 Å². The average Bonchev–Trinajstić information content (AvgIpc) is 3.05. The van der Waals surface area contributed by atoms with Crippen molar-refractivity contribution in [1.82, 2.24) is 0 Å². The van der Waals surface area contributed by atoms with Crippen molar-refractivity contribution < 1.29 is 28.5 Å². The molecule has 0 N–H and O–H groups in total. The van der Waals surface area contributed by atoms with Crippen LogP contribution in [0.4, 0.5) is 0 Å². The fourth-order valence-corrected chi connectivity index (χ4v) is 4.76. The Morgan fingerprint density at radius 3 is 1.43 bits per heavy atom. The highest BCUT2D eigenvalue weighted by Crippen LogP contribution is 2.34. The predicted octanol–water partition coefficient (Wildman–Crippen LogP) is 9.96.